The van der Waals surface area contributed by atoms with Crippen molar-refractivity contribution in [3.63, 3.8) is 0 Å². The number of hydrogen-bond donors (Lipinski definition) is 1. The molecule has 3 aromatic carbocycles. The van der Waals surface area contributed by atoms with Gasteiger partial charge in [-0.3, -0.25) is 14.4 Å². The van der Waals surface area contributed by atoms with E-state index in [4.69, 9.17) is 4.74 Å². The molecule has 0 saturated carbocycles. The third kappa shape index (κ3) is 6.29. The predicted octanol–water partition coefficient (Wildman–Crippen LogP) is 3.64. The summed E-state index contributed by atoms with van der Waals surface area (Å²) in [6, 6.07) is 26.7. The molecule has 35 heavy (non-hydrogen) atoms. The number of aromatic nitrogens is 2. The van der Waals surface area contributed by atoms with Crippen LogP contribution in [0.3, 0.4) is 0 Å². The number of amides is 1. The van der Waals surface area contributed by atoms with Gasteiger partial charge in [0.15, 0.2) is 12.4 Å². The minimum Gasteiger partial charge on any atom is -0.484 e. The van der Waals surface area contributed by atoms with E-state index in [1.165, 1.54) is 10.7 Å². The van der Waals surface area contributed by atoms with Crippen molar-refractivity contribution in [1.82, 2.24) is 15.1 Å². The maximum atomic E-state index is 12.5. The summed E-state index contributed by atoms with van der Waals surface area (Å²) in [5.41, 5.74) is 3.66. The Morgan fingerprint density at radius 2 is 1.54 bits per heavy atom. The Morgan fingerprint density at radius 3 is 2.26 bits per heavy atom. The highest BCUT2D eigenvalue weighted by Crippen LogP contribution is 2.16. The number of nitrogens with zero attached hydrogens (tertiary/aromatic N) is 2. The zero-order valence-corrected chi connectivity index (χ0v) is 19.3. The van der Waals surface area contributed by atoms with E-state index in [0.29, 0.717) is 22.6 Å². The average Bonchev–Trinajstić information content (AvgIpc) is 2.89. The van der Waals surface area contributed by atoms with Gasteiger partial charge in [0.25, 0.3) is 11.5 Å². The predicted molar refractivity (Wildman–Crippen MR) is 133 cm³/mol. The van der Waals surface area contributed by atoms with Crippen molar-refractivity contribution < 1.29 is 14.3 Å². The smallest absolute Gasteiger partial charge is 0.266 e. The van der Waals surface area contributed by atoms with Crippen LogP contribution in [0, 0.1) is 6.92 Å². The second-order valence-corrected chi connectivity index (χ2v) is 8.00. The quantitative estimate of drug-likeness (QED) is 0.380. The molecule has 0 fully saturated rings. The Balaban J connectivity index is 1.26. The third-order valence-corrected chi connectivity index (χ3v) is 5.38. The molecule has 0 atom stereocenters. The van der Waals surface area contributed by atoms with E-state index in [9.17, 15) is 14.4 Å². The van der Waals surface area contributed by atoms with Crippen LogP contribution in [0.25, 0.3) is 11.3 Å². The van der Waals surface area contributed by atoms with Gasteiger partial charge in [0.2, 0.25) is 0 Å². The van der Waals surface area contributed by atoms with Gasteiger partial charge in [-0.15, -0.1) is 0 Å². The SMILES string of the molecule is Cc1ccc(-c2ccc(=O)n(CCNC(=O)COc3ccc(C(=O)c4ccccc4)cc3)n2)cc1. The zero-order chi connectivity index (χ0) is 24.6. The highest BCUT2D eigenvalue weighted by Gasteiger charge is 2.09. The molecule has 0 bridgehead atoms. The fourth-order valence-corrected chi connectivity index (χ4v) is 3.45. The maximum Gasteiger partial charge on any atom is 0.266 e. The standard InChI is InChI=1S/C28H25N3O4/c1-20-7-9-21(10-8-20)25-15-16-27(33)31(30-25)18-17-29-26(32)19-35-24-13-11-23(12-14-24)28(34)22-5-3-2-4-6-22/h2-16H,17-19H2,1H3,(H,29,32). The highest BCUT2D eigenvalue weighted by molar-refractivity contribution is 6.09. The van der Waals surface area contributed by atoms with Crippen LogP contribution in [-0.2, 0) is 11.3 Å². The van der Waals surface area contributed by atoms with E-state index in [1.54, 1.807) is 42.5 Å². The molecule has 1 aromatic heterocycles. The van der Waals surface area contributed by atoms with Crippen LogP contribution < -0.4 is 15.6 Å². The van der Waals surface area contributed by atoms with Gasteiger partial charge in [0.1, 0.15) is 5.75 Å². The number of carbonyl (C=O) groups is 2. The van der Waals surface area contributed by atoms with E-state index < -0.39 is 0 Å². The van der Waals surface area contributed by atoms with Gasteiger partial charge in [-0.05, 0) is 37.3 Å². The molecular formula is C28H25N3O4. The molecule has 1 amide bonds. The van der Waals surface area contributed by atoms with Gasteiger partial charge in [0, 0.05) is 29.3 Å². The molecule has 1 heterocycles. The van der Waals surface area contributed by atoms with Gasteiger partial charge in [-0.2, -0.15) is 5.10 Å². The van der Waals surface area contributed by atoms with Crippen LogP contribution in [0.1, 0.15) is 21.5 Å². The van der Waals surface area contributed by atoms with E-state index in [1.807, 2.05) is 49.4 Å². The summed E-state index contributed by atoms with van der Waals surface area (Å²) in [6.45, 7) is 2.29. The van der Waals surface area contributed by atoms with Crippen molar-refractivity contribution in [2.24, 2.45) is 0 Å². The minimum atomic E-state index is -0.322. The number of ketones is 1. The lowest BCUT2D eigenvalue weighted by Gasteiger charge is -2.10. The molecule has 0 aliphatic heterocycles. The van der Waals surface area contributed by atoms with Crippen molar-refractivity contribution in [2.45, 2.75) is 13.5 Å². The molecule has 4 rings (SSSR count). The van der Waals surface area contributed by atoms with Gasteiger partial charge in [0.05, 0.1) is 12.2 Å². The van der Waals surface area contributed by atoms with Gasteiger partial charge in [-0.1, -0.05) is 60.2 Å². The Labute approximate surface area is 203 Å². The van der Waals surface area contributed by atoms with Gasteiger partial charge < -0.3 is 10.1 Å². The number of carbonyl (C=O) groups excluding carboxylic acids is 2. The number of hydrogen-bond acceptors (Lipinski definition) is 5. The fraction of sp³-hybridized carbons (Fsp3) is 0.143. The van der Waals surface area contributed by atoms with Crippen LogP contribution in [0.5, 0.6) is 5.75 Å². The molecule has 0 unspecified atom stereocenters. The summed E-state index contributed by atoms with van der Waals surface area (Å²) in [7, 11) is 0. The average molecular weight is 468 g/mol. The van der Waals surface area contributed by atoms with Crippen LogP contribution in [0.15, 0.2) is 95.8 Å². The first-order valence-electron chi connectivity index (χ1n) is 11.2. The lowest BCUT2D eigenvalue weighted by atomic mass is 10.0. The van der Waals surface area contributed by atoms with Crippen LogP contribution in [0.4, 0.5) is 0 Å². The first-order chi connectivity index (χ1) is 17.0. The molecule has 4 aromatic rings. The summed E-state index contributed by atoms with van der Waals surface area (Å²) in [4.78, 5) is 36.8. The molecule has 1 N–H and O–H groups in total. The summed E-state index contributed by atoms with van der Waals surface area (Å²) in [6.07, 6.45) is 0. The lowest BCUT2D eigenvalue weighted by molar-refractivity contribution is -0.123. The normalized spacial score (nSPS) is 10.5. The first kappa shape index (κ1) is 23.6. The number of nitrogens with one attached hydrogen (secondary N) is 1. The largest absolute Gasteiger partial charge is 0.484 e. The summed E-state index contributed by atoms with van der Waals surface area (Å²) in [5, 5.41) is 7.13. The van der Waals surface area contributed by atoms with Gasteiger partial charge >= 0.3 is 0 Å². The first-order valence-corrected chi connectivity index (χ1v) is 11.2. The van der Waals surface area contributed by atoms with E-state index in [-0.39, 0.29) is 36.9 Å². The fourth-order valence-electron chi connectivity index (χ4n) is 3.45. The summed E-state index contributed by atoms with van der Waals surface area (Å²) in [5.74, 6) is 0.0795. The second kappa shape index (κ2) is 11.1. The molecule has 7 nitrogen and oxygen atoms in total. The molecular weight excluding hydrogens is 442 g/mol. The molecule has 0 radical (unpaired) electrons. The van der Waals surface area contributed by atoms with E-state index >= 15 is 0 Å². The molecule has 176 valence electrons. The second-order valence-electron chi connectivity index (χ2n) is 8.00. The highest BCUT2D eigenvalue weighted by atomic mass is 16.5. The number of ether oxygens (including phenoxy) is 1. The minimum absolute atomic E-state index is 0.0785. The summed E-state index contributed by atoms with van der Waals surface area (Å²) >= 11 is 0. The van der Waals surface area contributed by atoms with Crippen molar-refractivity contribution in [2.75, 3.05) is 13.2 Å². The monoisotopic (exact) mass is 467 g/mol. The molecule has 0 saturated heterocycles. The Morgan fingerprint density at radius 1 is 0.857 bits per heavy atom. The Hall–Kier alpha value is -4.52. The summed E-state index contributed by atoms with van der Waals surface area (Å²) < 4.78 is 6.85. The Bertz CT molecular complexity index is 1360. The van der Waals surface area contributed by atoms with E-state index in [0.717, 1.165) is 11.1 Å². The maximum absolute atomic E-state index is 12.5. The molecule has 0 spiro atoms. The Kier molecular flexibility index (Phi) is 7.47. The third-order valence-electron chi connectivity index (χ3n) is 5.38. The molecule has 0 aliphatic rings. The van der Waals surface area contributed by atoms with Crippen molar-refractivity contribution in [3.8, 4) is 17.0 Å². The van der Waals surface area contributed by atoms with Gasteiger partial charge in [-0.25, -0.2) is 4.68 Å². The number of rotatable bonds is 9. The lowest BCUT2D eigenvalue weighted by Crippen LogP contribution is -2.34. The van der Waals surface area contributed by atoms with E-state index in [2.05, 4.69) is 10.4 Å². The van der Waals surface area contributed by atoms with Crippen molar-refractivity contribution >= 4 is 11.7 Å². The zero-order valence-electron chi connectivity index (χ0n) is 19.3. The molecule has 7 heteroatoms. The van der Waals surface area contributed by atoms with Crippen LogP contribution in [0.2, 0.25) is 0 Å². The van der Waals surface area contributed by atoms with Crippen LogP contribution >= 0.6 is 0 Å². The van der Waals surface area contributed by atoms with Crippen molar-refractivity contribution in [1.29, 1.82) is 0 Å². The number of aryl methyl sites for hydroxylation is 1. The molecule has 0 aliphatic carbocycles. The topological polar surface area (TPSA) is 90.3 Å². The number of benzene rings is 3. The van der Waals surface area contributed by atoms with Crippen molar-refractivity contribution in [3.05, 3.63) is 118 Å². The van der Waals surface area contributed by atoms with Crippen LogP contribution in [-0.4, -0.2) is 34.6 Å².